The lowest BCUT2D eigenvalue weighted by Gasteiger charge is -2.12. The molecule has 0 saturated heterocycles. The normalized spacial score (nSPS) is 9.57. The maximum Gasteiger partial charge on any atom is 0.395 e. The Morgan fingerprint density at radius 2 is 2.14 bits per heavy atom. The number of hydrogen-bond acceptors (Lipinski definition) is 3. The van der Waals surface area contributed by atoms with Gasteiger partial charge in [0.15, 0.2) is 0 Å². The fourth-order valence-electron chi connectivity index (χ4n) is 0.814. The van der Waals surface area contributed by atoms with Crippen LogP contribution < -0.4 is 4.90 Å². The van der Waals surface area contributed by atoms with Crippen LogP contribution in [0.4, 0.5) is 5.82 Å². The van der Waals surface area contributed by atoms with Crippen LogP contribution in [0.3, 0.4) is 0 Å². The molecule has 0 fully saturated rings. The lowest BCUT2D eigenvalue weighted by atomic mass is 10.4. The van der Waals surface area contributed by atoms with Gasteiger partial charge in [0.2, 0.25) is 0 Å². The molecule has 0 unspecified atom stereocenters. The van der Waals surface area contributed by atoms with Crippen molar-refractivity contribution < 1.29 is 14.7 Å². The summed E-state index contributed by atoms with van der Waals surface area (Å²) in [5, 5.41) is 8.84. The van der Waals surface area contributed by atoms with Crippen LogP contribution in [0.15, 0.2) is 18.3 Å². The molecule has 1 amide bonds. The molecule has 0 aromatic carbocycles. The zero-order valence-electron chi connectivity index (χ0n) is 7.27. The standard InChI is InChI=1S/C8H7ClN2O3/c1-11(7(12)8(13)14)6-3-2-5(9)4-10-6/h2-4H,1H3,(H,13,14). The van der Waals surface area contributed by atoms with Gasteiger partial charge in [0, 0.05) is 13.2 Å². The van der Waals surface area contributed by atoms with Gasteiger partial charge in [-0.25, -0.2) is 9.78 Å². The van der Waals surface area contributed by atoms with Gasteiger partial charge in [0.05, 0.1) is 5.02 Å². The summed E-state index contributed by atoms with van der Waals surface area (Å²) in [6, 6.07) is 2.98. The number of carbonyl (C=O) groups excluding carboxylic acids is 1. The van der Waals surface area contributed by atoms with Gasteiger partial charge in [0.1, 0.15) is 5.82 Å². The van der Waals surface area contributed by atoms with Crippen molar-refractivity contribution in [2.45, 2.75) is 0 Å². The second-order valence-corrected chi connectivity index (χ2v) is 2.94. The summed E-state index contributed by atoms with van der Waals surface area (Å²) in [6.45, 7) is 0. The molecule has 0 atom stereocenters. The van der Waals surface area contributed by atoms with E-state index in [-0.39, 0.29) is 5.82 Å². The molecular formula is C8H7ClN2O3. The lowest BCUT2D eigenvalue weighted by Crippen LogP contribution is -2.33. The number of hydrogen-bond donors (Lipinski definition) is 1. The average molecular weight is 215 g/mol. The van der Waals surface area contributed by atoms with E-state index in [1.54, 1.807) is 0 Å². The molecule has 0 radical (unpaired) electrons. The lowest BCUT2D eigenvalue weighted by molar-refractivity contribution is -0.148. The van der Waals surface area contributed by atoms with Gasteiger partial charge in [-0.05, 0) is 12.1 Å². The fourth-order valence-corrected chi connectivity index (χ4v) is 0.926. The number of aromatic nitrogens is 1. The van der Waals surface area contributed by atoms with E-state index >= 15 is 0 Å². The zero-order valence-corrected chi connectivity index (χ0v) is 8.02. The number of carbonyl (C=O) groups is 2. The highest BCUT2D eigenvalue weighted by Gasteiger charge is 2.19. The molecule has 1 rings (SSSR count). The van der Waals surface area contributed by atoms with Crippen molar-refractivity contribution in [1.82, 2.24) is 4.98 Å². The number of anilines is 1. The molecule has 6 heteroatoms. The van der Waals surface area contributed by atoms with Crippen LogP contribution in [0.5, 0.6) is 0 Å². The van der Waals surface area contributed by atoms with E-state index in [1.165, 1.54) is 25.4 Å². The van der Waals surface area contributed by atoms with Crippen molar-refractivity contribution in [3.8, 4) is 0 Å². The van der Waals surface area contributed by atoms with E-state index in [9.17, 15) is 9.59 Å². The Bertz CT molecular complexity index is 363. The van der Waals surface area contributed by atoms with Crippen molar-refractivity contribution in [2.75, 3.05) is 11.9 Å². The summed E-state index contributed by atoms with van der Waals surface area (Å²) in [6.07, 6.45) is 1.34. The number of carboxylic acids is 1. The van der Waals surface area contributed by atoms with Gasteiger partial charge in [-0.15, -0.1) is 0 Å². The van der Waals surface area contributed by atoms with E-state index in [0.29, 0.717) is 5.02 Å². The highest BCUT2D eigenvalue weighted by atomic mass is 35.5. The van der Waals surface area contributed by atoms with E-state index in [1.807, 2.05) is 0 Å². The minimum atomic E-state index is -1.52. The minimum Gasteiger partial charge on any atom is -0.474 e. The van der Waals surface area contributed by atoms with Crippen LogP contribution >= 0.6 is 11.6 Å². The Balaban J connectivity index is 2.89. The Morgan fingerprint density at radius 3 is 2.57 bits per heavy atom. The van der Waals surface area contributed by atoms with Gasteiger partial charge < -0.3 is 5.11 Å². The maximum atomic E-state index is 11.0. The summed E-state index contributed by atoms with van der Waals surface area (Å²) < 4.78 is 0. The molecule has 1 aromatic heterocycles. The number of pyridine rings is 1. The number of rotatable bonds is 1. The highest BCUT2D eigenvalue weighted by Crippen LogP contribution is 2.12. The minimum absolute atomic E-state index is 0.238. The molecule has 0 bridgehead atoms. The van der Waals surface area contributed by atoms with Crippen LogP contribution in [0, 0.1) is 0 Å². The predicted molar refractivity (Wildman–Crippen MR) is 50.3 cm³/mol. The summed E-state index contributed by atoms with van der Waals surface area (Å²) in [5.74, 6) is -2.33. The fraction of sp³-hybridized carbons (Fsp3) is 0.125. The number of aliphatic carboxylic acids is 1. The molecule has 74 valence electrons. The predicted octanol–water partition coefficient (Wildman–Crippen LogP) is 0.782. The van der Waals surface area contributed by atoms with Gasteiger partial charge in [-0.2, -0.15) is 0 Å². The summed E-state index contributed by atoms with van der Waals surface area (Å²) in [7, 11) is 1.33. The van der Waals surface area contributed by atoms with Crippen molar-refractivity contribution >= 4 is 29.3 Å². The molecule has 0 aliphatic heterocycles. The monoisotopic (exact) mass is 214 g/mol. The molecule has 0 aliphatic rings. The third-order valence-electron chi connectivity index (χ3n) is 1.54. The quantitative estimate of drug-likeness (QED) is 0.702. The topological polar surface area (TPSA) is 70.5 Å². The second kappa shape index (κ2) is 4.06. The summed E-state index contributed by atoms with van der Waals surface area (Å²) >= 11 is 5.58. The van der Waals surface area contributed by atoms with Crippen LogP contribution in [-0.2, 0) is 9.59 Å². The maximum absolute atomic E-state index is 11.0. The number of carboxylic acid groups (broad SMARTS) is 1. The van der Waals surface area contributed by atoms with E-state index in [2.05, 4.69) is 4.98 Å². The summed E-state index contributed by atoms with van der Waals surface area (Å²) in [4.78, 5) is 26.0. The van der Waals surface area contributed by atoms with Crippen LogP contribution in [0.25, 0.3) is 0 Å². The Labute approximate surface area is 84.9 Å². The Kier molecular flexibility index (Phi) is 3.03. The number of amides is 1. The average Bonchev–Trinajstić information content (AvgIpc) is 2.16. The molecule has 1 heterocycles. The molecule has 1 aromatic rings. The first-order valence-corrected chi connectivity index (χ1v) is 4.02. The van der Waals surface area contributed by atoms with Crippen molar-refractivity contribution in [3.05, 3.63) is 23.4 Å². The molecular weight excluding hydrogens is 208 g/mol. The van der Waals surface area contributed by atoms with Gasteiger partial charge >= 0.3 is 11.9 Å². The Hall–Kier alpha value is -1.62. The molecule has 0 spiro atoms. The second-order valence-electron chi connectivity index (χ2n) is 2.50. The first kappa shape index (κ1) is 10.5. The van der Waals surface area contributed by atoms with Gasteiger partial charge in [-0.3, -0.25) is 9.69 Å². The molecule has 0 saturated carbocycles. The highest BCUT2D eigenvalue weighted by molar-refractivity contribution is 6.37. The molecule has 5 nitrogen and oxygen atoms in total. The largest absolute Gasteiger partial charge is 0.474 e. The first-order valence-electron chi connectivity index (χ1n) is 3.65. The molecule has 1 N–H and O–H groups in total. The van der Waals surface area contributed by atoms with Crippen molar-refractivity contribution in [2.24, 2.45) is 0 Å². The van der Waals surface area contributed by atoms with E-state index in [0.717, 1.165) is 4.90 Å². The molecule has 0 aliphatic carbocycles. The Morgan fingerprint density at radius 1 is 1.50 bits per heavy atom. The number of nitrogens with zero attached hydrogens (tertiary/aromatic N) is 2. The summed E-state index contributed by atoms with van der Waals surface area (Å²) in [5.41, 5.74) is 0. The van der Waals surface area contributed by atoms with Gasteiger partial charge in [0.25, 0.3) is 0 Å². The van der Waals surface area contributed by atoms with Crippen LogP contribution in [0.2, 0.25) is 5.02 Å². The molecule has 14 heavy (non-hydrogen) atoms. The third-order valence-corrected chi connectivity index (χ3v) is 1.77. The van der Waals surface area contributed by atoms with E-state index in [4.69, 9.17) is 16.7 Å². The van der Waals surface area contributed by atoms with Crippen LogP contribution in [0.1, 0.15) is 0 Å². The van der Waals surface area contributed by atoms with Gasteiger partial charge in [-0.1, -0.05) is 11.6 Å². The number of halogens is 1. The number of likely N-dealkylation sites (N-methyl/N-ethyl adjacent to an activating group) is 1. The first-order chi connectivity index (χ1) is 6.52. The van der Waals surface area contributed by atoms with Crippen LogP contribution in [-0.4, -0.2) is 29.0 Å². The van der Waals surface area contributed by atoms with Crippen molar-refractivity contribution in [3.63, 3.8) is 0 Å². The van der Waals surface area contributed by atoms with E-state index < -0.39 is 11.9 Å². The zero-order chi connectivity index (χ0) is 10.7. The smallest absolute Gasteiger partial charge is 0.395 e. The SMILES string of the molecule is CN(C(=O)C(=O)O)c1ccc(Cl)cn1. The third kappa shape index (κ3) is 2.20. The van der Waals surface area contributed by atoms with Crippen molar-refractivity contribution in [1.29, 1.82) is 0 Å².